The van der Waals surface area contributed by atoms with E-state index >= 15 is 0 Å². The topological polar surface area (TPSA) is 41.5 Å². The first kappa shape index (κ1) is 12.0. The van der Waals surface area contributed by atoms with Gasteiger partial charge in [0, 0.05) is 24.6 Å². The van der Waals surface area contributed by atoms with Crippen LogP contribution < -0.4 is 5.32 Å². The molecule has 0 aromatic heterocycles. The monoisotopic (exact) mass is 201 g/mol. The molecule has 1 saturated heterocycles. The average molecular weight is 201 g/mol. The molecule has 1 heterocycles. The van der Waals surface area contributed by atoms with Crippen LogP contribution in [0.4, 0.5) is 0 Å². The maximum absolute atomic E-state index is 9.89. The first-order valence-corrected chi connectivity index (χ1v) is 5.50. The molecule has 2 unspecified atom stereocenters. The molecule has 3 heteroatoms. The van der Waals surface area contributed by atoms with E-state index in [0.29, 0.717) is 19.1 Å². The molecule has 0 saturated carbocycles. The van der Waals surface area contributed by atoms with Crippen LogP contribution in [0.3, 0.4) is 0 Å². The quantitative estimate of drug-likeness (QED) is 0.720. The van der Waals surface area contributed by atoms with E-state index in [9.17, 15) is 5.11 Å². The summed E-state index contributed by atoms with van der Waals surface area (Å²) < 4.78 is 5.35. The maximum Gasteiger partial charge on any atom is 0.0714 e. The van der Waals surface area contributed by atoms with E-state index in [4.69, 9.17) is 4.74 Å². The fourth-order valence-corrected chi connectivity index (χ4v) is 1.65. The fourth-order valence-electron chi connectivity index (χ4n) is 1.65. The minimum atomic E-state index is -0.269. The number of aliphatic hydroxyl groups excluding tert-OH is 1. The number of rotatable bonds is 3. The van der Waals surface area contributed by atoms with Gasteiger partial charge in [0.1, 0.15) is 0 Å². The molecule has 1 aliphatic heterocycles. The van der Waals surface area contributed by atoms with Crippen molar-refractivity contribution in [2.75, 3.05) is 19.8 Å². The van der Waals surface area contributed by atoms with Gasteiger partial charge in [-0.25, -0.2) is 0 Å². The first-order chi connectivity index (χ1) is 6.49. The lowest BCUT2D eigenvalue weighted by molar-refractivity contribution is -0.0101. The summed E-state index contributed by atoms with van der Waals surface area (Å²) in [6, 6.07) is 0. The van der Waals surface area contributed by atoms with E-state index in [1.165, 1.54) is 0 Å². The minimum absolute atomic E-state index is 0.0799. The lowest BCUT2D eigenvalue weighted by Crippen LogP contribution is -2.44. The summed E-state index contributed by atoms with van der Waals surface area (Å²) in [5.74, 6) is 0.318. The highest BCUT2D eigenvalue weighted by Gasteiger charge is 2.23. The summed E-state index contributed by atoms with van der Waals surface area (Å²) in [6.45, 7) is 8.56. The van der Waals surface area contributed by atoms with Crippen LogP contribution in [-0.2, 0) is 4.74 Å². The molecule has 1 aliphatic rings. The van der Waals surface area contributed by atoms with Crippen molar-refractivity contribution in [1.29, 1.82) is 0 Å². The Kier molecular flexibility index (Phi) is 4.35. The van der Waals surface area contributed by atoms with Crippen molar-refractivity contribution < 1.29 is 9.84 Å². The van der Waals surface area contributed by atoms with E-state index in [1.54, 1.807) is 0 Å². The Morgan fingerprint density at radius 2 is 2.21 bits per heavy atom. The van der Waals surface area contributed by atoms with Crippen molar-refractivity contribution in [2.45, 2.75) is 45.3 Å². The molecule has 2 N–H and O–H groups in total. The third-order valence-electron chi connectivity index (χ3n) is 2.58. The third-order valence-corrected chi connectivity index (χ3v) is 2.58. The van der Waals surface area contributed by atoms with Gasteiger partial charge in [-0.05, 0) is 33.6 Å². The Bertz CT molecular complexity index is 159. The highest BCUT2D eigenvalue weighted by molar-refractivity contribution is 4.78. The molecule has 0 amide bonds. The Hall–Kier alpha value is -0.120. The number of β-amino-alcohol motifs (C(OH)–C–C–N with tert-alkyl or cyclic N) is 1. The van der Waals surface area contributed by atoms with Crippen LogP contribution in [0.1, 0.15) is 33.6 Å². The highest BCUT2D eigenvalue weighted by atomic mass is 16.5. The Balaban J connectivity index is 2.23. The van der Waals surface area contributed by atoms with E-state index < -0.39 is 0 Å². The van der Waals surface area contributed by atoms with Crippen LogP contribution in [0.25, 0.3) is 0 Å². The lowest BCUT2D eigenvalue weighted by Gasteiger charge is -2.29. The predicted molar refractivity (Wildman–Crippen MR) is 57.3 cm³/mol. The minimum Gasteiger partial charge on any atom is -0.391 e. The molecule has 1 fully saturated rings. The van der Waals surface area contributed by atoms with Crippen molar-refractivity contribution in [3.63, 3.8) is 0 Å². The van der Waals surface area contributed by atoms with Gasteiger partial charge < -0.3 is 15.2 Å². The van der Waals surface area contributed by atoms with Crippen molar-refractivity contribution in [3.05, 3.63) is 0 Å². The number of hydrogen-bond acceptors (Lipinski definition) is 3. The molecule has 3 nitrogen and oxygen atoms in total. The fraction of sp³-hybridized carbons (Fsp3) is 1.00. The second kappa shape index (κ2) is 5.10. The molecule has 1 rings (SSSR count). The van der Waals surface area contributed by atoms with Crippen LogP contribution in [0.2, 0.25) is 0 Å². The zero-order chi connectivity index (χ0) is 10.6. The van der Waals surface area contributed by atoms with Crippen molar-refractivity contribution in [3.8, 4) is 0 Å². The van der Waals surface area contributed by atoms with Gasteiger partial charge in [0.25, 0.3) is 0 Å². The summed E-state index contributed by atoms with van der Waals surface area (Å²) in [5, 5.41) is 13.2. The highest BCUT2D eigenvalue weighted by Crippen LogP contribution is 2.17. The van der Waals surface area contributed by atoms with Gasteiger partial charge in [-0.2, -0.15) is 0 Å². The maximum atomic E-state index is 9.89. The number of aliphatic hydroxyl groups is 1. The number of hydrogen-bond donors (Lipinski definition) is 2. The van der Waals surface area contributed by atoms with Gasteiger partial charge in [0.2, 0.25) is 0 Å². The van der Waals surface area contributed by atoms with Crippen molar-refractivity contribution in [2.24, 2.45) is 5.92 Å². The molecule has 0 aromatic rings. The molecule has 0 aromatic carbocycles. The molecule has 0 spiro atoms. The summed E-state index contributed by atoms with van der Waals surface area (Å²) in [4.78, 5) is 0. The van der Waals surface area contributed by atoms with Gasteiger partial charge >= 0.3 is 0 Å². The molecular weight excluding hydrogens is 178 g/mol. The third kappa shape index (κ3) is 4.40. The van der Waals surface area contributed by atoms with Crippen molar-refractivity contribution in [1.82, 2.24) is 5.32 Å². The summed E-state index contributed by atoms with van der Waals surface area (Å²) in [6.07, 6.45) is 1.90. The van der Waals surface area contributed by atoms with Crippen LogP contribution in [-0.4, -0.2) is 36.5 Å². The van der Waals surface area contributed by atoms with Gasteiger partial charge in [0.05, 0.1) is 12.7 Å². The zero-order valence-corrected chi connectivity index (χ0v) is 9.55. The number of nitrogens with one attached hydrogen (secondary N) is 1. The second-order valence-electron chi connectivity index (χ2n) is 5.18. The van der Waals surface area contributed by atoms with Crippen LogP contribution >= 0.6 is 0 Å². The molecular formula is C11H23NO2. The summed E-state index contributed by atoms with van der Waals surface area (Å²) >= 11 is 0. The van der Waals surface area contributed by atoms with Gasteiger partial charge in [-0.1, -0.05) is 0 Å². The summed E-state index contributed by atoms with van der Waals surface area (Å²) in [7, 11) is 0. The Morgan fingerprint density at radius 1 is 1.50 bits per heavy atom. The van der Waals surface area contributed by atoms with Crippen molar-refractivity contribution >= 4 is 0 Å². The predicted octanol–water partition coefficient (Wildman–Crippen LogP) is 1.16. The van der Waals surface area contributed by atoms with Gasteiger partial charge in [-0.3, -0.25) is 0 Å². The summed E-state index contributed by atoms with van der Waals surface area (Å²) in [5.41, 5.74) is 0.0799. The molecule has 0 aliphatic carbocycles. The zero-order valence-electron chi connectivity index (χ0n) is 9.55. The SMILES string of the molecule is CC(C)(C)NCC(O)C1CCCOC1. The number of ether oxygens (including phenoxy) is 1. The molecule has 14 heavy (non-hydrogen) atoms. The normalized spacial score (nSPS) is 26.1. The van der Waals surface area contributed by atoms with Crippen LogP contribution in [0, 0.1) is 5.92 Å². The first-order valence-electron chi connectivity index (χ1n) is 5.50. The largest absolute Gasteiger partial charge is 0.391 e. The van der Waals surface area contributed by atoms with E-state index in [0.717, 1.165) is 19.4 Å². The molecule has 0 bridgehead atoms. The smallest absolute Gasteiger partial charge is 0.0714 e. The van der Waals surface area contributed by atoms with Crippen LogP contribution in [0.5, 0.6) is 0 Å². The lowest BCUT2D eigenvalue weighted by atomic mass is 9.95. The molecule has 84 valence electrons. The van der Waals surface area contributed by atoms with E-state index in [1.807, 2.05) is 0 Å². The molecule has 0 radical (unpaired) electrons. The molecule has 2 atom stereocenters. The Morgan fingerprint density at radius 3 is 2.71 bits per heavy atom. The van der Waals surface area contributed by atoms with Gasteiger partial charge in [-0.15, -0.1) is 0 Å². The van der Waals surface area contributed by atoms with E-state index in [2.05, 4.69) is 26.1 Å². The van der Waals surface area contributed by atoms with Crippen LogP contribution in [0.15, 0.2) is 0 Å². The standard InChI is InChI=1S/C11H23NO2/c1-11(2,3)12-7-10(13)9-5-4-6-14-8-9/h9-10,12-13H,4-8H2,1-3H3. The van der Waals surface area contributed by atoms with Gasteiger partial charge in [0.15, 0.2) is 0 Å². The second-order valence-corrected chi connectivity index (χ2v) is 5.18. The Labute approximate surface area is 86.8 Å². The van der Waals surface area contributed by atoms with E-state index in [-0.39, 0.29) is 11.6 Å². The average Bonchev–Trinajstić information content (AvgIpc) is 2.14.